The van der Waals surface area contributed by atoms with E-state index in [1.165, 1.54) is 0 Å². The highest BCUT2D eigenvalue weighted by Crippen LogP contribution is 1.67. The average molecular weight is 93.1 g/mol. The standard InChI is InChI=1S/C3H7O.H3P/c1-3(2)4;/h3H,1-2H3;1H3. The highest BCUT2D eigenvalue weighted by molar-refractivity contribution is 6.92. The van der Waals surface area contributed by atoms with Gasteiger partial charge in [-0.2, -0.15) is 9.90 Å². The first-order valence-electron chi connectivity index (χ1n) is 1.39. The van der Waals surface area contributed by atoms with E-state index < -0.39 is 6.10 Å². The molecule has 1 unspecified atom stereocenters. The second-order valence-corrected chi connectivity index (χ2v) is 1.05. The first kappa shape index (κ1) is 9.04. The fourth-order valence-electron chi connectivity index (χ4n) is 0. The van der Waals surface area contributed by atoms with Crippen LogP contribution in [-0.4, -0.2) is 6.10 Å². The van der Waals surface area contributed by atoms with Crippen LogP contribution in [0.25, 0.3) is 0 Å². The van der Waals surface area contributed by atoms with Gasteiger partial charge in [-0.25, -0.2) is 5.11 Å². The highest BCUT2D eigenvalue weighted by Gasteiger charge is 1.73. The number of hydrogen-bond donors (Lipinski definition) is 0. The van der Waals surface area contributed by atoms with Crippen molar-refractivity contribution in [3.63, 3.8) is 0 Å². The Morgan fingerprint density at radius 1 is 1.40 bits per heavy atom. The van der Waals surface area contributed by atoms with Gasteiger partial charge in [-0.15, -0.1) is 0 Å². The average Bonchev–Trinajstić information content (AvgIpc) is 0.811. The third-order valence-electron chi connectivity index (χ3n) is 0. The van der Waals surface area contributed by atoms with Crippen molar-refractivity contribution < 1.29 is 5.11 Å². The van der Waals surface area contributed by atoms with Crippen molar-refractivity contribution in [2.45, 2.75) is 20.0 Å². The van der Waals surface area contributed by atoms with Crippen LogP contribution in [0.3, 0.4) is 0 Å². The summed E-state index contributed by atoms with van der Waals surface area (Å²) in [6.45, 7) is 3.22. The lowest BCUT2D eigenvalue weighted by Crippen LogP contribution is -1.81. The summed E-state index contributed by atoms with van der Waals surface area (Å²) >= 11 is 0. The van der Waals surface area contributed by atoms with Gasteiger partial charge in [0.1, 0.15) is 0 Å². The van der Waals surface area contributed by atoms with Gasteiger partial charge >= 0.3 is 0 Å². The Bertz CT molecular complexity index is 11.6. The number of hydrogen-bond acceptors (Lipinski definition) is 0. The molecule has 0 aromatic heterocycles. The van der Waals surface area contributed by atoms with E-state index in [9.17, 15) is 5.11 Å². The monoisotopic (exact) mass is 93.0 g/mol. The summed E-state index contributed by atoms with van der Waals surface area (Å²) in [4.78, 5) is 0. The van der Waals surface area contributed by atoms with Crippen molar-refractivity contribution in [1.82, 2.24) is 0 Å². The maximum Gasteiger partial charge on any atom is 0.0874 e. The third kappa shape index (κ3) is 165. The molecule has 0 amide bonds. The molecule has 0 rings (SSSR count). The molecule has 0 spiro atoms. The van der Waals surface area contributed by atoms with E-state index in [4.69, 9.17) is 0 Å². The Kier molecular flexibility index (Phi) is 7.94. The lowest BCUT2D eigenvalue weighted by atomic mass is 10.5. The van der Waals surface area contributed by atoms with E-state index >= 15 is 0 Å². The number of rotatable bonds is 0. The first-order valence-corrected chi connectivity index (χ1v) is 1.39. The van der Waals surface area contributed by atoms with Gasteiger partial charge in [-0.05, 0) is 13.8 Å². The maximum atomic E-state index is 9.53. The molecule has 1 nitrogen and oxygen atoms in total. The van der Waals surface area contributed by atoms with Gasteiger partial charge < -0.3 is 0 Å². The normalized spacial score (nSPS) is 7.20. The summed E-state index contributed by atoms with van der Waals surface area (Å²) in [5.41, 5.74) is 0. The van der Waals surface area contributed by atoms with Crippen molar-refractivity contribution >= 4 is 9.90 Å². The van der Waals surface area contributed by atoms with E-state index in [0.717, 1.165) is 0 Å². The molecule has 0 aliphatic rings. The Morgan fingerprint density at radius 2 is 1.40 bits per heavy atom. The first-order chi connectivity index (χ1) is 1.73. The zero-order valence-corrected chi connectivity index (χ0v) is 5.11. The molecule has 0 aromatic carbocycles. The van der Waals surface area contributed by atoms with Gasteiger partial charge in [0.25, 0.3) is 0 Å². The van der Waals surface area contributed by atoms with Gasteiger partial charge in [0.15, 0.2) is 0 Å². The molecule has 0 saturated carbocycles. The zero-order chi connectivity index (χ0) is 3.58. The molecule has 0 aliphatic carbocycles. The predicted molar refractivity (Wildman–Crippen MR) is 26.9 cm³/mol. The van der Waals surface area contributed by atoms with Gasteiger partial charge in [0.05, 0.1) is 6.10 Å². The molecule has 0 aromatic rings. The minimum absolute atomic E-state index is 0. The molecule has 1 atom stereocenters. The summed E-state index contributed by atoms with van der Waals surface area (Å²) in [5.74, 6) is 0. The van der Waals surface area contributed by atoms with Crippen LogP contribution in [0.5, 0.6) is 0 Å². The Morgan fingerprint density at radius 3 is 1.40 bits per heavy atom. The SMILES string of the molecule is CC(C)[O].P. The molecule has 0 N–H and O–H groups in total. The van der Waals surface area contributed by atoms with Crippen LogP contribution in [-0.2, 0) is 5.11 Å². The predicted octanol–water partition coefficient (Wildman–Crippen LogP) is 0.883. The van der Waals surface area contributed by atoms with E-state index in [1.807, 2.05) is 0 Å². The van der Waals surface area contributed by atoms with Crippen molar-refractivity contribution in [3.8, 4) is 0 Å². The molecule has 0 heterocycles. The fraction of sp³-hybridized carbons (Fsp3) is 1.00. The molecule has 1 radical (unpaired) electrons. The van der Waals surface area contributed by atoms with E-state index in [2.05, 4.69) is 0 Å². The van der Waals surface area contributed by atoms with Crippen LogP contribution in [0.4, 0.5) is 0 Å². The smallest absolute Gasteiger partial charge is 0.0874 e. The Balaban J connectivity index is 0. The molecular weight excluding hydrogens is 83.0 g/mol. The second-order valence-electron chi connectivity index (χ2n) is 1.05. The minimum Gasteiger partial charge on any atom is -0.234 e. The molecule has 0 saturated heterocycles. The van der Waals surface area contributed by atoms with Crippen molar-refractivity contribution in [1.29, 1.82) is 0 Å². The highest BCUT2D eigenvalue weighted by atomic mass is 31.0. The second kappa shape index (κ2) is 4.39. The van der Waals surface area contributed by atoms with Crippen LogP contribution in [0.2, 0.25) is 0 Å². The van der Waals surface area contributed by atoms with Crippen molar-refractivity contribution in [2.24, 2.45) is 0 Å². The van der Waals surface area contributed by atoms with E-state index in [-0.39, 0.29) is 9.90 Å². The molecule has 0 aliphatic heterocycles. The Hall–Kier alpha value is 0.390. The zero-order valence-electron chi connectivity index (χ0n) is 3.69. The molecular formula is C3H10OP. The largest absolute Gasteiger partial charge is 0.234 e. The van der Waals surface area contributed by atoms with Crippen LogP contribution >= 0.6 is 9.90 Å². The molecule has 2 heteroatoms. The minimum atomic E-state index is -0.417. The van der Waals surface area contributed by atoms with E-state index in [1.54, 1.807) is 13.8 Å². The van der Waals surface area contributed by atoms with Crippen LogP contribution in [0.15, 0.2) is 0 Å². The van der Waals surface area contributed by atoms with Crippen LogP contribution in [0, 0.1) is 0 Å². The summed E-state index contributed by atoms with van der Waals surface area (Å²) < 4.78 is 0. The van der Waals surface area contributed by atoms with E-state index in [0.29, 0.717) is 0 Å². The van der Waals surface area contributed by atoms with Crippen molar-refractivity contribution in [3.05, 3.63) is 0 Å². The van der Waals surface area contributed by atoms with Gasteiger partial charge in [-0.3, -0.25) is 0 Å². The Labute approximate surface area is 36.0 Å². The maximum absolute atomic E-state index is 9.53. The van der Waals surface area contributed by atoms with Gasteiger partial charge in [0.2, 0.25) is 0 Å². The van der Waals surface area contributed by atoms with Crippen LogP contribution in [0.1, 0.15) is 13.8 Å². The summed E-state index contributed by atoms with van der Waals surface area (Å²) in [6, 6.07) is 0. The molecule has 33 valence electrons. The molecule has 5 heavy (non-hydrogen) atoms. The fourth-order valence-corrected chi connectivity index (χ4v) is 0. The molecule has 0 bridgehead atoms. The van der Waals surface area contributed by atoms with Gasteiger partial charge in [-0.1, -0.05) is 0 Å². The quantitative estimate of drug-likeness (QED) is 0.396. The summed E-state index contributed by atoms with van der Waals surface area (Å²) in [6.07, 6.45) is -0.417. The van der Waals surface area contributed by atoms with Crippen molar-refractivity contribution in [2.75, 3.05) is 0 Å². The third-order valence-corrected chi connectivity index (χ3v) is 0. The molecule has 0 fully saturated rings. The topological polar surface area (TPSA) is 19.9 Å². The lowest BCUT2D eigenvalue weighted by Gasteiger charge is -1.74. The summed E-state index contributed by atoms with van der Waals surface area (Å²) in [5, 5.41) is 9.53. The van der Waals surface area contributed by atoms with Gasteiger partial charge in [0, 0.05) is 0 Å². The lowest BCUT2D eigenvalue weighted by molar-refractivity contribution is 0.122. The van der Waals surface area contributed by atoms with Crippen LogP contribution < -0.4 is 0 Å². The summed E-state index contributed by atoms with van der Waals surface area (Å²) in [7, 11) is 0.